The molecule has 10 aromatic rings. The fourth-order valence-electron chi connectivity index (χ4n) is 5.34. The van der Waals surface area contributed by atoms with Crippen molar-refractivity contribution < 1.29 is 0 Å². The van der Waals surface area contributed by atoms with E-state index in [2.05, 4.69) is 66.2 Å². The van der Waals surface area contributed by atoms with Crippen LogP contribution in [-0.4, -0.2) is 74.2 Å². The number of aromatic nitrogens is 15. The zero-order valence-electron chi connectivity index (χ0n) is 26.8. The van der Waals surface area contributed by atoms with Gasteiger partial charge in [0.1, 0.15) is 41.6 Å². The van der Waals surface area contributed by atoms with E-state index in [-0.39, 0.29) is 0 Å². The van der Waals surface area contributed by atoms with Crippen molar-refractivity contribution in [2.75, 3.05) is 17.2 Å². The number of nitrogens with one attached hydrogen (secondary N) is 1. The number of rotatable bonds is 3. The van der Waals surface area contributed by atoms with Crippen molar-refractivity contribution in [3.63, 3.8) is 0 Å². The number of nitrogens with two attached hydrogens (primary N) is 3. The quantitative estimate of drug-likeness (QED) is 0.189. The minimum Gasteiger partial charge on any atom is -0.383 e. The Morgan fingerprint density at radius 3 is 1.56 bits per heavy atom. The normalized spacial score (nSPS) is 11.0. The molecule has 0 atom stereocenters. The molecule has 1 aromatic carbocycles. The van der Waals surface area contributed by atoms with Crippen LogP contribution in [0, 0.1) is 0 Å². The standard InChI is InChI=1S/C13H10N6.C10H7ClN6.C10H8N6/c14-12-10-6-18-19(13(10)17-7-16-12)9-1-2-11-8(5-9)3-4-15-11;11-8-3-6(1-2-13-8)17-10-7(4-16-17)9(12)14-5-15-10;11-9-8-5-15-16(10(8)14-6-13-9)7-1-3-12-4-2-7/h1-7,15H,(H2,14,16,17);1-5H,(H2,12,14,15);1-6H,(H2,11,13,14). The highest BCUT2D eigenvalue weighted by Gasteiger charge is 2.11. The molecule has 9 heterocycles. The number of halogens is 1. The van der Waals surface area contributed by atoms with E-state index in [0.717, 1.165) is 38.7 Å². The topological polar surface area (TPSA) is 250 Å². The van der Waals surface area contributed by atoms with Crippen LogP contribution in [0.4, 0.5) is 17.5 Å². The first-order valence-corrected chi connectivity index (χ1v) is 15.7. The Bertz CT molecular complexity index is 2820. The first-order valence-electron chi connectivity index (χ1n) is 15.4. The molecule has 0 saturated carbocycles. The van der Waals surface area contributed by atoms with Gasteiger partial charge in [0.15, 0.2) is 16.9 Å². The summed E-state index contributed by atoms with van der Waals surface area (Å²) in [5.41, 5.74) is 23.0. The average molecular weight is 709 g/mol. The average Bonchev–Trinajstić information content (AvgIpc) is 3.98. The molecule has 52 heavy (non-hydrogen) atoms. The maximum atomic E-state index is 5.83. The second kappa shape index (κ2) is 13.4. The Hall–Kier alpha value is -7.60. The molecule has 19 heteroatoms. The van der Waals surface area contributed by atoms with Gasteiger partial charge in [-0.15, -0.1) is 0 Å². The number of nitrogen functional groups attached to an aromatic ring is 3. The van der Waals surface area contributed by atoms with Crippen molar-refractivity contribution >= 4 is 73.1 Å². The highest BCUT2D eigenvalue weighted by Crippen LogP contribution is 2.23. The predicted octanol–water partition coefficient (Wildman–Crippen LogP) is 4.12. The number of pyridine rings is 2. The molecule has 0 bridgehead atoms. The number of aromatic amines is 1. The Balaban J connectivity index is 0.000000112. The number of hydrogen-bond acceptors (Lipinski definition) is 14. The Morgan fingerprint density at radius 2 is 1.02 bits per heavy atom. The fraction of sp³-hybridized carbons (Fsp3) is 0. The molecular formula is C33H25ClN18. The summed E-state index contributed by atoms with van der Waals surface area (Å²) in [6.45, 7) is 0. The van der Waals surface area contributed by atoms with Gasteiger partial charge >= 0.3 is 0 Å². The number of fused-ring (bicyclic) bond motifs is 4. The van der Waals surface area contributed by atoms with Gasteiger partial charge in [-0.1, -0.05) is 11.6 Å². The molecule has 0 spiro atoms. The summed E-state index contributed by atoms with van der Waals surface area (Å²) in [5.74, 6) is 1.28. The Kier molecular flexibility index (Phi) is 8.14. The van der Waals surface area contributed by atoms with Crippen LogP contribution >= 0.6 is 11.6 Å². The highest BCUT2D eigenvalue weighted by molar-refractivity contribution is 6.29. The summed E-state index contributed by atoms with van der Waals surface area (Å²) in [5, 5.41) is 16.5. The van der Waals surface area contributed by atoms with Gasteiger partial charge < -0.3 is 22.2 Å². The number of anilines is 3. The molecule has 10 rings (SSSR count). The van der Waals surface area contributed by atoms with E-state index in [0.29, 0.717) is 44.9 Å². The van der Waals surface area contributed by atoms with E-state index < -0.39 is 0 Å². The van der Waals surface area contributed by atoms with Gasteiger partial charge in [0.25, 0.3) is 0 Å². The lowest BCUT2D eigenvalue weighted by molar-refractivity contribution is 0.892. The number of benzene rings is 1. The molecule has 0 amide bonds. The third-order valence-corrected chi connectivity index (χ3v) is 8.04. The highest BCUT2D eigenvalue weighted by atomic mass is 35.5. The summed E-state index contributed by atoms with van der Waals surface area (Å²) in [4.78, 5) is 35.4. The Labute approximate surface area is 297 Å². The van der Waals surface area contributed by atoms with Crippen molar-refractivity contribution in [3.8, 4) is 17.1 Å². The zero-order chi connectivity index (χ0) is 35.6. The molecule has 254 valence electrons. The minimum absolute atomic E-state index is 0.396. The molecule has 0 radical (unpaired) electrons. The van der Waals surface area contributed by atoms with Gasteiger partial charge in [-0.2, -0.15) is 15.3 Å². The number of hydrogen-bond donors (Lipinski definition) is 4. The third-order valence-electron chi connectivity index (χ3n) is 7.83. The molecule has 0 aliphatic rings. The van der Waals surface area contributed by atoms with E-state index in [9.17, 15) is 0 Å². The molecule has 9 aromatic heterocycles. The van der Waals surface area contributed by atoms with Crippen LogP contribution in [0.1, 0.15) is 0 Å². The molecule has 18 nitrogen and oxygen atoms in total. The lowest BCUT2D eigenvalue weighted by atomic mass is 10.2. The van der Waals surface area contributed by atoms with E-state index in [1.807, 2.05) is 36.5 Å². The lowest BCUT2D eigenvalue weighted by Gasteiger charge is -2.03. The number of nitrogens with zero attached hydrogens (tertiary/aromatic N) is 14. The predicted molar refractivity (Wildman–Crippen MR) is 196 cm³/mol. The molecule has 0 aliphatic heterocycles. The van der Waals surface area contributed by atoms with Gasteiger partial charge in [0.05, 0.1) is 51.8 Å². The summed E-state index contributed by atoms with van der Waals surface area (Å²) < 4.78 is 5.11. The van der Waals surface area contributed by atoms with E-state index >= 15 is 0 Å². The first-order chi connectivity index (χ1) is 25.4. The first kappa shape index (κ1) is 31.7. The van der Waals surface area contributed by atoms with E-state index in [4.69, 9.17) is 28.8 Å². The SMILES string of the molecule is Nc1ncnc2c1cnn2-c1ccc2[nH]ccc2c1.Nc1ncnc2c1cnn2-c1ccnc(Cl)c1.Nc1ncnc2c1cnn2-c1ccncc1. The summed E-state index contributed by atoms with van der Waals surface area (Å²) in [6, 6.07) is 15.3. The summed E-state index contributed by atoms with van der Waals surface area (Å²) in [6.07, 6.45) is 16.2. The maximum absolute atomic E-state index is 5.83. The second-order valence-electron chi connectivity index (χ2n) is 10.9. The molecule has 0 saturated heterocycles. The van der Waals surface area contributed by atoms with Crippen LogP contribution in [0.2, 0.25) is 5.15 Å². The number of H-pyrrole nitrogens is 1. The Morgan fingerprint density at radius 1 is 0.519 bits per heavy atom. The molecule has 0 fully saturated rings. The van der Waals surface area contributed by atoms with E-state index in [1.165, 1.54) is 19.0 Å². The molecular weight excluding hydrogens is 684 g/mol. The van der Waals surface area contributed by atoms with Gasteiger partial charge in [-0.25, -0.2) is 48.9 Å². The van der Waals surface area contributed by atoms with Crippen LogP contribution < -0.4 is 17.2 Å². The van der Waals surface area contributed by atoms with E-state index in [1.54, 1.807) is 63.4 Å². The zero-order valence-corrected chi connectivity index (χ0v) is 27.5. The van der Waals surface area contributed by atoms with Crippen LogP contribution in [-0.2, 0) is 0 Å². The van der Waals surface area contributed by atoms with Crippen molar-refractivity contribution in [1.29, 1.82) is 0 Å². The molecule has 0 unspecified atom stereocenters. The molecule has 0 aliphatic carbocycles. The summed E-state index contributed by atoms with van der Waals surface area (Å²) >= 11 is 5.83. The van der Waals surface area contributed by atoms with Crippen molar-refractivity contribution in [1.82, 2.24) is 74.2 Å². The van der Waals surface area contributed by atoms with Gasteiger partial charge in [0, 0.05) is 41.8 Å². The van der Waals surface area contributed by atoms with Crippen molar-refractivity contribution in [2.45, 2.75) is 0 Å². The van der Waals surface area contributed by atoms with Gasteiger partial charge in [-0.3, -0.25) is 4.98 Å². The van der Waals surface area contributed by atoms with Crippen LogP contribution in [0.5, 0.6) is 0 Å². The maximum Gasteiger partial charge on any atom is 0.168 e. The van der Waals surface area contributed by atoms with Crippen LogP contribution in [0.15, 0.2) is 111 Å². The van der Waals surface area contributed by atoms with Crippen LogP contribution in [0.3, 0.4) is 0 Å². The summed E-state index contributed by atoms with van der Waals surface area (Å²) in [7, 11) is 0. The van der Waals surface area contributed by atoms with Crippen LogP contribution in [0.25, 0.3) is 61.1 Å². The minimum atomic E-state index is 0.396. The lowest BCUT2D eigenvalue weighted by Crippen LogP contribution is -1.99. The smallest absolute Gasteiger partial charge is 0.168 e. The monoisotopic (exact) mass is 708 g/mol. The van der Waals surface area contributed by atoms with Gasteiger partial charge in [-0.05, 0) is 42.5 Å². The van der Waals surface area contributed by atoms with Crippen molar-refractivity contribution in [2.24, 2.45) is 0 Å². The van der Waals surface area contributed by atoms with Gasteiger partial charge in [0.2, 0.25) is 0 Å². The second-order valence-corrected chi connectivity index (χ2v) is 11.3. The fourth-order valence-corrected chi connectivity index (χ4v) is 5.50. The largest absolute Gasteiger partial charge is 0.383 e. The molecule has 7 N–H and O–H groups in total. The third kappa shape index (κ3) is 5.96. The van der Waals surface area contributed by atoms with Crippen molar-refractivity contribution in [3.05, 3.63) is 116 Å².